The third kappa shape index (κ3) is 4.21. The predicted molar refractivity (Wildman–Crippen MR) is 103 cm³/mol. The van der Waals surface area contributed by atoms with E-state index in [0.717, 1.165) is 24.8 Å². The van der Waals surface area contributed by atoms with Crippen molar-refractivity contribution in [1.82, 2.24) is 4.90 Å². The summed E-state index contributed by atoms with van der Waals surface area (Å²) in [7, 11) is 0. The van der Waals surface area contributed by atoms with Crippen LogP contribution in [0.5, 0.6) is 0 Å². The number of amides is 2. The first-order valence-electron chi connectivity index (χ1n) is 9.29. The van der Waals surface area contributed by atoms with Gasteiger partial charge in [0.25, 0.3) is 0 Å². The van der Waals surface area contributed by atoms with Crippen LogP contribution in [0.1, 0.15) is 64.5 Å². The van der Waals surface area contributed by atoms with Crippen molar-refractivity contribution in [3.05, 3.63) is 34.9 Å². The first kappa shape index (κ1) is 20.7. The van der Waals surface area contributed by atoms with Gasteiger partial charge in [-0.2, -0.15) is 0 Å². The largest absolute Gasteiger partial charge is 0.383 e. The molecule has 6 heteroatoms. The zero-order chi connectivity index (χ0) is 19.5. The van der Waals surface area contributed by atoms with Crippen LogP contribution in [0.3, 0.4) is 0 Å². The summed E-state index contributed by atoms with van der Waals surface area (Å²) in [6, 6.07) is 7.71. The SMILES string of the molecule is CCC(CC)N1C(=O)[C@@](C)(CC(O)C(N)=O)CCC1c1ccc(Cl)cc1. The zero-order valence-corrected chi connectivity index (χ0v) is 16.5. The van der Waals surface area contributed by atoms with Crippen molar-refractivity contribution in [3.63, 3.8) is 0 Å². The number of rotatable bonds is 7. The van der Waals surface area contributed by atoms with Gasteiger partial charge in [-0.25, -0.2) is 0 Å². The topological polar surface area (TPSA) is 83.6 Å². The average Bonchev–Trinajstić information content (AvgIpc) is 2.60. The maximum absolute atomic E-state index is 13.5. The number of primary amides is 1. The average molecular weight is 381 g/mol. The first-order chi connectivity index (χ1) is 12.2. The molecule has 3 N–H and O–H groups in total. The summed E-state index contributed by atoms with van der Waals surface area (Å²) >= 11 is 6.01. The van der Waals surface area contributed by atoms with Crippen molar-refractivity contribution < 1.29 is 14.7 Å². The fourth-order valence-electron chi connectivity index (χ4n) is 3.99. The minimum Gasteiger partial charge on any atom is -0.383 e. The van der Waals surface area contributed by atoms with Gasteiger partial charge in [0, 0.05) is 16.5 Å². The number of carbonyl (C=O) groups is 2. The molecular formula is C20H29ClN2O3. The fraction of sp³-hybridized carbons (Fsp3) is 0.600. The Labute approximate surface area is 160 Å². The number of hydrogen-bond donors (Lipinski definition) is 2. The second-order valence-corrected chi connectivity index (χ2v) is 7.91. The molecule has 0 saturated carbocycles. The van der Waals surface area contributed by atoms with Gasteiger partial charge in [0.15, 0.2) is 0 Å². The standard InChI is InChI=1S/C20H29ClN2O3/c1-4-15(5-2)23-16(13-6-8-14(21)9-7-13)10-11-20(3,19(23)26)12-17(24)18(22)25/h6-9,15-17,24H,4-5,10-12H2,1-3H3,(H2,22,25)/t16?,17?,20-/m1/s1. The second kappa shape index (κ2) is 8.40. The van der Waals surface area contributed by atoms with E-state index in [9.17, 15) is 14.7 Å². The van der Waals surface area contributed by atoms with Crippen LogP contribution >= 0.6 is 11.6 Å². The molecule has 0 aliphatic carbocycles. The van der Waals surface area contributed by atoms with Gasteiger partial charge in [-0.05, 0) is 49.8 Å². The van der Waals surface area contributed by atoms with E-state index >= 15 is 0 Å². The summed E-state index contributed by atoms with van der Waals surface area (Å²) in [4.78, 5) is 26.7. The van der Waals surface area contributed by atoms with E-state index in [1.807, 2.05) is 36.1 Å². The molecule has 5 nitrogen and oxygen atoms in total. The zero-order valence-electron chi connectivity index (χ0n) is 15.7. The molecule has 26 heavy (non-hydrogen) atoms. The van der Waals surface area contributed by atoms with E-state index in [4.69, 9.17) is 17.3 Å². The van der Waals surface area contributed by atoms with Crippen LogP contribution < -0.4 is 5.73 Å². The molecule has 1 fully saturated rings. The van der Waals surface area contributed by atoms with Crippen molar-refractivity contribution in [2.45, 2.75) is 71.1 Å². The van der Waals surface area contributed by atoms with E-state index in [1.54, 1.807) is 0 Å². The van der Waals surface area contributed by atoms with Gasteiger partial charge in [0.1, 0.15) is 6.10 Å². The van der Waals surface area contributed by atoms with Gasteiger partial charge >= 0.3 is 0 Å². The monoisotopic (exact) mass is 380 g/mol. The van der Waals surface area contributed by atoms with E-state index in [0.29, 0.717) is 11.4 Å². The molecule has 2 unspecified atom stereocenters. The number of aliphatic hydroxyl groups is 1. The molecule has 1 saturated heterocycles. The third-order valence-electron chi connectivity index (χ3n) is 5.62. The highest BCUT2D eigenvalue weighted by Gasteiger charge is 2.47. The van der Waals surface area contributed by atoms with Crippen LogP contribution in [0, 0.1) is 5.41 Å². The van der Waals surface area contributed by atoms with Gasteiger partial charge in [0.05, 0.1) is 6.04 Å². The molecule has 1 aliphatic rings. The summed E-state index contributed by atoms with van der Waals surface area (Å²) in [6.07, 6.45) is 1.82. The van der Waals surface area contributed by atoms with Crippen LogP contribution in [0.25, 0.3) is 0 Å². The van der Waals surface area contributed by atoms with E-state index in [2.05, 4.69) is 13.8 Å². The van der Waals surface area contributed by atoms with Crippen molar-refractivity contribution in [2.75, 3.05) is 0 Å². The summed E-state index contributed by atoms with van der Waals surface area (Å²) in [6.45, 7) is 5.98. The van der Waals surface area contributed by atoms with Crippen molar-refractivity contribution in [1.29, 1.82) is 0 Å². The summed E-state index contributed by atoms with van der Waals surface area (Å²) < 4.78 is 0. The maximum Gasteiger partial charge on any atom is 0.246 e. The van der Waals surface area contributed by atoms with Gasteiger partial charge in [-0.3, -0.25) is 9.59 Å². The number of benzene rings is 1. The number of hydrogen-bond acceptors (Lipinski definition) is 3. The molecule has 1 heterocycles. The van der Waals surface area contributed by atoms with Gasteiger partial charge in [-0.1, -0.05) is 44.5 Å². The Balaban J connectivity index is 2.37. The molecule has 2 amide bonds. The van der Waals surface area contributed by atoms with Crippen LogP contribution in [-0.4, -0.2) is 34.0 Å². The number of halogens is 1. The number of nitrogens with zero attached hydrogens (tertiary/aromatic N) is 1. The third-order valence-corrected chi connectivity index (χ3v) is 5.87. The number of aliphatic hydroxyl groups excluding tert-OH is 1. The highest BCUT2D eigenvalue weighted by molar-refractivity contribution is 6.30. The Morgan fingerprint density at radius 2 is 1.92 bits per heavy atom. The highest BCUT2D eigenvalue weighted by Crippen LogP contribution is 2.45. The van der Waals surface area contributed by atoms with Gasteiger partial charge < -0.3 is 15.7 Å². The summed E-state index contributed by atoms with van der Waals surface area (Å²) in [5, 5.41) is 10.6. The Morgan fingerprint density at radius 3 is 2.42 bits per heavy atom. The molecule has 0 spiro atoms. The number of likely N-dealkylation sites (tertiary alicyclic amines) is 1. The molecule has 1 aromatic rings. The van der Waals surface area contributed by atoms with Crippen LogP contribution in [-0.2, 0) is 9.59 Å². The van der Waals surface area contributed by atoms with Crippen molar-refractivity contribution in [2.24, 2.45) is 11.1 Å². The minimum atomic E-state index is -1.31. The lowest BCUT2D eigenvalue weighted by molar-refractivity contribution is -0.156. The van der Waals surface area contributed by atoms with Gasteiger partial charge in [-0.15, -0.1) is 0 Å². The predicted octanol–water partition coefficient (Wildman–Crippen LogP) is 3.43. The van der Waals surface area contributed by atoms with E-state index < -0.39 is 17.4 Å². The maximum atomic E-state index is 13.5. The number of carbonyl (C=O) groups excluding carboxylic acids is 2. The van der Waals surface area contributed by atoms with Crippen molar-refractivity contribution in [3.8, 4) is 0 Å². The summed E-state index contributed by atoms with van der Waals surface area (Å²) in [5.74, 6) is -0.800. The van der Waals surface area contributed by atoms with Crippen LogP contribution in [0.15, 0.2) is 24.3 Å². The fourth-order valence-corrected chi connectivity index (χ4v) is 4.11. The van der Waals surface area contributed by atoms with E-state index in [-0.39, 0.29) is 24.4 Å². The molecule has 2 rings (SSSR count). The number of piperidine rings is 1. The quantitative estimate of drug-likeness (QED) is 0.760. The Morgan fingerprint density at radius 1 is 1.35 bits per heavy atom. The lowest BCUT2D eigenvalue weighted by Crippen LogP contribution is -2.54. The number of nitrogens with two attached hydrogens (primary N) is 1. The van der Waals surface area contributed by atoms with Crippen LogP contribution in [0.2, 0.25) is 5.02 Å². The normalized spacial score (nSPS) is 24.8. The van der Waals surface area contributed by atoms with Gasteiger partial charge in [0.2, 0.25) is 11.8 Å². The molecule has 1 aromatic carbocycles. The molecule has 3 atom stereocenters. The van der Waals surface area contributed by atoms with Crippen LogP contribution in [0.4, 0.5) is 0 Å². The highest BCUT2D eigenvalue weighted by atomic mass is 35.5. The lowest BCUT2D eigenvalue weighted by atomic mass is 9.72. The summed E-state index contributed by atoms with van der Waals surface area (Å²) in [5.41, 5.74) is 5.48. The Kier molecular flexibility index (Phi) is 6.69. The molecule has 144 valence electrons. The molecule has 0 aromatic heterocycles. The molecule has 0 radical (unpaired) electrons. The minimum absolute atomic E-state index is 0.0160. The Bertz CT molecular complexity index is 645. The van der Waals surface area contributed by atoms with E-state index in [1.165, 1.54) is 0 Å². The molecular weight excluding hydrogens is 352 g/mol. The van der Waals surface area contributed by atoms with Crippen molar-refractivity contribution >= 4 is 23.4 Å². The Hall–Kier alpha value is -1.59. The molecule has 0 bridgehead atoms. The molecule has 1 aliphatic heterocycles. The first-order valence-corrected chi connectivity index (χ1v) is 9.67. The second-order valence-electron chi connectivity index (χ2n) is 7.47. The lowest BCUT2D eigenvalue weighted by Gasteiger charge is -2.48. The smallest absolute Gasteiger partial charge is 0.246 e.